The van der Waals surface area contributed by atoms with E-state index in [2.05, 4.69) is 27.5 Å². The van der Waals surface area contributed by atoms with Crippen molar-refractivity contribution in [3.63, 3.8) is 0 Å². The Bertz CT molecular complexity index is 366. The molecule has 0 aliphatic carbocycles. The van der Waals surface area contributed by atoms with Crippen LogP contribution in [0.1, 0.15) is 13.3 Å². The number of nitrogens with one attached hydrogen (secondary N) is 2. The zero-order valence-corrected chi connectivity index (χ0v) is 12.3. The van der Waals surface area contributed by atoms with Crippen LogP contribution in [0.5, 0.6) is 0 Å². The lowest BCUT2D eigenvalue weighted by molar-refractivity contribution is 0.0992. The molecule has 19 heavy (non-hydrogen) atoms. The number of rotatable bonds is 10. The fraction of sp³-hybridized carbons (Fsp3) is 0.667. The molecule has 6 nitrogen and oxygen atoms in total. The van der Waals surface area contributed by atoms with Gasteiger partial charge in [0.1, 0.15) is 11.6 Å². The van der Waals surface area contributed by atoms with Crippen molar-refractivity contribution in [2.24, 2.45) is 0 Å². The summed E-state index contributed by atoms with van der Waals surface area (Å²) in [5.41, 5.74) is 0. The van der Waals surface area contributed by atoms with Crippen molar-refractivity contribution in [3.05, 3.63) is 6.07 Å². The van der Waals surface area contributed by atoms with E-state index in [0.29, 0.717) is 19.8 Å². The van der Waals surface area contributed by atoms with Gasteiger partial charge in [-0.2, -0.15) is 0 Å². The number of hydrogen-bond donors (Lipinski definition) is 3. The molecule has 0 aromatic carbocycles. The monoisotopic (exact) mass is 286 g/mol. The predicted octanol–water partition coefficient (Wildman–Crippen LogP) is 1.44. The van der Waals surface area contributed by atoms with E-state index in [4.69, 9.17) is 9.84 Å². The third-order valence-corrected chi connectivity index (χ3v) is 2.78. The molecule has 0 fully saturated rings. The van der Waals surface area contributed by atoms with Crippen molar-refractivity contribution in [2.75, 3.05) is 49.8 Å². The van der Waals surface area contributed by atoms with Crippen LogP contribution in [0.4, 0.5) is 11.6 Å². The first-order valence-corrected chi connectivity index (χ1v) is 7.62. The van der Waals surface area contributed by atoms with Crippen molar-refractivity contribution in [2.45, 2.75) is 18.5 Å². The summed E-state index contributed by atoms with van der Waals surface area (Å²) in [4.78, 5) is 8.76. The highest BCUT2D eigenvalue weighted by atomic mass is 32.2. The molecule has 0 radical (unpaired) electrons. The van der Waals surface area contributed by atoms with Gasteiger partial charge < -0.3 is 20.5 Å². The van der Waals surface area contributed by atoms with Gasteiger partial charge in [0.25, 0.3) is 0 Å². The van der Waals surface area contributed by atoms with E-state index in [1.807, 2.05) is 12.3 Å². The lowest BCUT2D eigenvalue weighted by Crippen LogP contribution is -2.13. The number of aliphatic hydroxyl groups excluding tert-OH is 1. The molecule has 108 valence electrons. The first-order valence-electron chi connectivity index (χ1n) is 6.39. The van der Waals surface area contributed by atoms with Crippen molar-refractivity contribution < 1.29 is 9.84 Å². The Morgan fingerprint density at radius 2 is 1.89 bits per heavy atom. The van der Waals surface area contributed by atoms with Gasteiger partial charge in [-0.1, -0.05) is 18.7 Å². The van der Waals surface area contributed by atoms with Crippen LogP contribution >= 0.6 is 11.8 Å². The zero-order valence-electron chi connectivity index (χ0n) is 11.5. The maximum Gasteiger partial charge on any atom is 0.191 e. The largest absolute Gasteiger partial charge is 0.394 e. The quantitative estimate of drug-likeness (QED) is 0.341. The summed E-state index contributed by atoms with van der Waals surface area (Å²) in [5, 5.41) is 15.8. The Balaban J connectivity index is 2.50. The lowest BCUT2D eigenvalue weighted by Gasteiger charge is -2.10. The number of hydrogen-bond acceptors (Lipinski definition) is 7. The minimum Gasteiger partial charge on any atom is -0.394 e. The molecule has 0 aliphatic heterocycles. The number of aliphatic hydroxyl groups is 1. The van der Waals surface area contributed by atoms with Crippen molar-refractivity contribution >= 4 is 23.4 Å². The van der Waals surface area contributed by atoms with Crippen molar-refractivity contribution in [1.29, 1.82) is 0 Å². The highest BCUT2D eigenvalue weighted by Gasteiger charge is 2.03. The number of nitrogens with zero attached hydrogens (tertiary/aromatic N) is 2. The third-order valence-electron chi connectivity index (χ3n) is 2.23. The number of thioether (sulfide) groups is 1. The summed E-state index contributed by atoms with van der Waals surface area (Å²) in [5.74, 6) is 1.62. The zero-order chi connectivity index (χ0) is 13.9. The topological polar surface area (TPSA) is 79.3 Å². The second kappa shape index (κ2) is 9.82. The Hall–Kier alpha value is -1.05. The molecular weight excluding hydrogens is 264 g/mol. The highest BCUT2D eigenvalue weighted by Crippen LogP contribution is 2.17. The maximum atomic E-state index is 8.59. The van der Waals surface area contributed by atoms with E-state index in [-0.39, 0.29) is 6.61 Å². The minimum atomic E-state index is 0.0508. The first kappa shape index (κ1) is 16.0. The number of ether oxygens (including phenoxy) is 1. The van der Waals surface area contributed by atoms with Crippen LogP contribution in [0.25, 0.3) is 0 Å². The summed E-state index contributed by atoms with van der Waals surface area (Å²) in [6.07, 6.45) is 3.00. The average Bonchev–Trinajstić information content (AvgIpc) is 2.44. The van der Waals surface area contributed by atoms with E-state index >= 15 is 0 Å². The molecule has 1 heterocycles. The predicted molar refractivity (Wildman–Crippen MR) is 79.0 cm³/mol. The molecule has 0 saturated carbocycles. The van der Waals surface area contributed by atoms with Gasteiger partial charge in [-0.3, -0.25) is 0 Å². The molecule has 0 saturated heterocycles. The van der Waals surface area contributed by atoms with Gasteiger partial charge in [0, 0.05) is 19.2 Å². The number of anilines is 2. The Morgan fingerprint density at radius 1 is 1.21 bits per heavy atom. The molecule has 0 unspecified atom stereocenters. The molecule has 7 heteroatoms. The SMILES string of the molecule is CCCNc1cc(NCCOCCO)nc(SC)n1. The molecular formula is C12H22N4O2S. The smallest absolute Gasteiger partial charge is 0.191 e. The van der Waals surface area contributed by atoms with Crippen LogP contribution in [0, 0.1) is 0 Å². The molecule has 1 rings (SSSR count). The first-order chi connectivity index (χ1) is 9.30. The lowest BCUT2D eigenvalue weighted by atomic mass is 10.4. The molecule has 0 bridgehead atoms. The van der Waals surface area contributed by atoms with Gasteiger partial charge in [0.15, 0.2) is 5.16 Å². The van der Waals surface area contributed by atoms with Crippen LogP contribution < -0.4 is 10.6 Å². The Kier molecular flexibility index (Phi) is 8.28. The summed E-state index contributed by atoms with van der Waals surface area (Å²) < 4.78 is 5.18. The Labute approximate surface area is 118 Å². The fourth-order valence-electron chi connectivity index (χ4n) is 1.37. The normalized spacial score (nSPS) is 10.5. The Morgan fingerprint density at radius 3 is 2.47 bits per heavy atom. The van der Waals surface area contributed by atoms with Gasteiger partial charge in [-0.05, 0) is 12.7 Å². The molecule has 3 N–H and O–H groups in total. The summed E-state index contributed by atoms with van der Waals surface area (Å²) in [6, 6.07) is 1.89. The minimum absolute atomic E-state index is 0.0508. The van der Waals surface area contributed by atoms with E-state index < -0.39 is 0 Å². The molecule has 0 atom stereocenters. The molecule has 0 aliphatic rings. The molecule has 0 amide bonds. The van der Waals surface area contributed by atoms with Gasteiger partial charge >= 0.3 is 0 Å². The van der Waals surface area contributed by atoms with E-state index in [9.17, 15) is 0 Å². The summed E-state index contributed by atoms with van der Waals surface area (Å²) in [6.45, 7) is 4.61. The van der Waals surface area contributed by atoms with E-state index in [1.54, 1.807) is 0 Å². The summed E-state index contributed by atoms with van der Waals surface area (Å²) >= 11 is 1.51. The highest BCUT2D eigenvalue weighted by molar-refractivity contribution is 7.98. The molecule has 0 spiro atoms. The van der Waals surface area contributed by atoms with E-state index in [0.717, 1.165) is 29.8 Å². The second-order valence-corrected chi connectivity index (χ2v) is 4.59. The maximum absolute atomic E-state index is 8.59. The van der Waals surface area contributed by atoms with Crippen LogP contribution in [-0.2, 0) is 4.74 Å². The standard InChI is InChI=1S/C12H22N4O2S/c1-3-4-13-10-9-11(16-12(15-10)19-2)14-5-7-18-8-6-17/h9,17H,3-8H2,1-2H3,(H2,13,14,15,16). The number of aromatic nitrogens is 2. The van der Waals surface area contributed by atoms with E-state index in [1.165, 1.54) is 11.8 Å². The fourth-order valence-corrected chi connectivity index (χ4v) is 1.75. The van der Waals surface area contributed by atoms with Crippen LogP contribution in [-0.4, -0.2) is 54.2 Å². The summed E-state index contributed by atoms with van der Waals surface area (Å²) in [7, 11) is 0. The van der Waals surface area contributed by atoms with Crippen molar-refractivity contribution in [3.8, 4) is 0 Å². The molecule has 1 aromatic rings. The molecule has 1 aromatic heterocycles. The second-order valence-electron chi connectivity index (χ2n) is 3.81. The third kappa shape index (κ3) is 6.60. The van der Waals surface area contributed by atoms with Gasteiger partial charge in [0.05, 0.1) is 19.8 Å². The van der Waals surface area contributed by atoms with Gasteiger partial charge in [0.2, 0.25) is 0 Å². The van der Waals surface area contributed by atoms with Gasteiger partial charge in [-0.25, -0.2) is 9.97 Å². The van der Waals surface area contributed by atoms with Crippen LogP contribution in [0.3, 0.4) is 0 Å². The average molecular weight is 286 g/mol. The van der Waals surface area contributed by atoms with Crippen LogP contribution in [0.2, 0.25) is 0 Å². The van der Waals surface area contributed by atoms with Gasteiger partial charge in [-0.15, -0.1) is 0 Å². The van der Waals surface area contributed by atoms with Crippen LogP contribution in [0.15, 0.2) is 11.2 Å². The van der Waals surface area contributed by atoms with Crippen molar-refractivity contribution in [1.82, 2.24) is 9.97 Å².